The molecule has 4 fully saturated rings. The minimum atomic E-state index is -0.386. The summed E-state index contributed by atoms with van der Waals surface area (Å²) in [4.78, 5) is 55.5. The summed E-state index contributed by atoms with van der Waals surface area (Å²) in [7, 11) is 1.68. The summed E-state index contributed by atoms with van der Waals surface area (Å²) >= 11 is 6.42. The first-order valence-corrected chi connectivity index (χ1v) is 21.6. The van der Waals surface area contributed by atoms with Gasteiger partial charge in [0.1, 0.15) is 16.8 Å². The van der Waals surface area contributed by atoms with Crippen LogP contribution in [-0.4, -0.2) is 120 Å². The second-order valence-electron chi connectivity index (χ2n) is 16.3. The molecule has 14 nitrogen and oxygen atoms in total. The molecule has 0 aliphatic carbocycles. The van der Waals surface area contributed by atoms with Crippen molar-refractivity contribution in [1.29, 1.82) is 0 Å². The Morgan fingerprint density at radius 3 is 2.30 bits per heavy atom. The number of piperidine rings is 3. The van der Waals surface area contributed by atoms with Crippen LogP contribution in [0.2, 0.25) is 5.02 Å². The Hall–Kier alpha value is -5.44. The highest BCUT2D eigenvalue weighted by Gasteiger charge is 2.31. The molecule has 0 radical (unpaired) electrons. The number of carbonyl (C=O) groups excluding carboxylic acids is 3. The predicted molar refractivity (Wildman–Crippen MR) is 236 cm³/mol. The van der Waals surface area contributed by atoms with E-state index in [2.05, 4.69) is 82.0 Å². The number of hydrogen-bond acceptors (Lipinski definition) is 12. The van der Waals surface area contributed by atoms with Crippen LogP contribution >= 0.6 is 11.6 Å². The number of rotatable bonds is 12. The number of amides is 3. The van der Waals surface area contributed by atoms with Crippen LogP contribution in [0.5, 0.6) is 5.75 Å². The monoisotopic (exact) mass is 834 g/mol. The molecule has 3 aromatic carbocycles. The van der Waals surface area contributed by atoms with Gasteiger partial charge in [-0.25, -0.2) is 4.98 Å². The van der Waals surface area contributed by atoms with E-state index in [1.165, 1.54) is 5.56 Å². The summed E-state index contributed by atoms with van der Waals surface area (Å²) in [5.41, 5.74) is 6.13. The molecule has 316 valence electrons. The topological polar surface area (TPSA) is 147 Å². The van der Waals surface area contributed by atoms with Crippen molar-refractivity contribution in [2.45, 2.75) is 63.5 Å². The molecule has 8 rings (SSSR count). The van der Waals surface area contributed by atoms with Crippen LogP contribution < -0.4 is 30.9 Å². The van der Waals surface area contributed by atoms with Gasteiger partial charge in [-0.1, -0.05) is 41.9 Å². The maximum Gasteiger partial charge on any atom is 0.249 e. The third-order valence-electron chi connectivity index (χ3n) is 12.4. The van der Waals surface area contributed by atoms with Crippen molar-refractivity contribution in [2.24, 2.45) is 0 Å². The van der Waals surface area contributed by atoms with Crippen molar-refractivity contribution in [3.8, 4) is 5.75 Å². The van der Waals surface area contributed by atoms with Gasteiger partial charge in [0, 0.05) is 74.9 Å². The van der Waals surface area contributed by atoms with Crippen molar-refractivity contribution in [1.82, 2.24) is 30.0 Å². The second-order valence-corrected chi connectivity index (χ2v) is 16.7. The van der Waals surface area contributed by atoms with Crippen LogP contribution in [0.25, 0.3) is 0 Å². The minimum absolute atomic E-state index is 0.210. The summed E-state index contributed by atoms with van der Waals surface area (Å²) < 4.78 is 5.85. The highest BCUT2D eigenvalue weighted by Crippen LogP contribution is 2.37. The average Bonchev–Trinajstić information content (AvgIpc) is 3.27. The summed E-state index contributed by atoms with van der Waals surface area (Å²) in [6.45, 7) is 9.70. The molecule has 0 saturated carbocycles. The SMILES string of the molecule is COc1cc(N2CCC(N3CCN(C(=O)CN4CCC(c5ccc(NC6CCC(=O)NC6=O)cc5)CC4)CC3)CC2)c(C)cc1Nc1ncc(Cl)c(Nc2ccccc2)n1. The van der Waals surface area contributed by atoms with Gasteiger partial charge in [0.2, 0.25) is 23.7 Å². The molecule has 4 N–H and O–H groups in total. The lowest BCUT2D eigenvalue weighted by Gasteiger charge is -2.44. The summed E-state index contributed by atoms with van der Waals surface area (Å²) in [5.74, 6) is 1.85. The van der Waals surface area contributed by atoms with Gasteiger partial charge in [0.05, 0.1) is 25.5 Å². The first kappa shape index (κ1) is 41.3. The van der Waals surface area contributed by atoms with E-state index in [4.69, 9.17) is 16.3 Å². The van der Waals surface area contributed by atoms with Crippen molar-refractivity contribution in [3.63, 3.8) is 0 Å². The number of piperazine rings is 1. The summed E-state index contributed by atoms with van der Waals surface area (Å²) in [6.07, 6.45) is 6.61. The van der Waals surface area contributed by atoms with Crippen molar-refractivity contribution < 1.29 is 19.1 Å². The number of likely N-dealkylation sites (tertiary alicyclic amines) is 1. The fourth-order valence-corrected chi connectivity index (χ4v) is 9.12. The van der Waals surface area contributed by atoms with Gasteiger partial charge in [-0.3, -0.25) is 29.5 Å². The number of aryl methyl sites for hydroxylation is 1. The number of nitrogens with one attached hydrogen (secondary N) is 4. The molecule has 4 saturated heterocycles. The molecule has 4 aliphatic heterocycles. The molecule has 60 heavy (non-hydrogen) atoms. The zero-order valence-corrected chi connectivity index (χ0v) is 35.2. The fraction of sp³-hybridized carbons (Fsp3) is 0.444. The minimum Gasteiger partial charge on any atom is -0.494 e. The van der Waals surface area contributed by atoms with Gasteiger partial charge in [0.25, 0.3) is 0 Å². The van der Waals surface area contributed by atoms with E-state index in [1.54, 1.807) is 13.3 Å². The van der Waals surface area contributed by atoms with Crippen LogP contribution in [0.1, 0.15) is 55.6 Å². The Labute approximate surface area is 357 Å². The fourth-order valence-electron chi connectivity index (χ4n) is 8.99. The van der Waals surface area contributed by atoms with Crippen molar-refractivity contribution in [3.05, 3.63) is 89.1 Å². The van der Waals surface area contributed by atoms with Crippen LogP contribution in [0.15, 0.2) is 72.9 Å². The molecular formula is C45H55ClN10O4. The van der Waals surface area contributed by atoms with E-state index in [0.29, 0.717) is 53.9 Å². The molecule has 1 atom stereocenters. The Morgan fingerprint density at radius 2 is 1.60 bits per heavy atom. The third kappa shape index (κ3) is 9.94. The van der Waals surface area contributed by atoms with Crippen LogP contribution in [0, 0.1) is 6.92 Å². The maximum atomic E-state index is 13.4. The zero-order valence-electron chi connectivity index (χ0n) is 34.5. The first-order valence-electron chi connectivity index (χ1n) is 21.2. The van der Waals surface area contributed by atoms with E-state index in [0.717, 1.165) is 106 Å². The van der Waals surface area contributed by atoms with E-state index >= 15 is 0 Å². The molecular weight excluding hydrogens is 780 g/mol. The Morgan fingerprint density at radius 1 is 0.867 bits per heavy atom. The number of ether oxygens (including phenoxy) is 1. The largest absolute Gasteiger partial charge is 0.494 e. The molecule has 0 spiro atoms. The lowest BCUT2D eigenvalue weighted by atomic mass is 9.89. The molecule has 15 heteroatoms. The summed E-state index contributed by atoms with van der Waals surface area (Å²) in [5, 5.41) is 12.7. The van der Waals surface area contributed by atoms with E-state index in [1.807, 2.05) is 42.5 Å². The van der Waals surface area contributed by atoms with Gasteiger partial charge < -0.3 is 30.5 Å². The molecule has 0 bridgehead atoms. The first-order chi connectivity index (χ1) is 29.2. The smallest absolute Gasteiger partial charge is 0.249 e. The predicted octanol–water partition coefficient (Wildman–Crippen LogP) is 6.14. The Bertz CT molecular complexity index is 2130. The summed E-state index contributed by atoms with van der Waals surface area (Å²) in [6, 6.07) is 22.4. The van der Waals surface area contributed by atoms with E-state index in [9.17, 15) is 14.4 Å². The normalized spacial score (nSPS) is 19.8. The molecule has 1 unspecified atom stereocenters. The number of nitrogens with zero attached hydrogens (tertiary/aromatic N) is 6. The van der Waals surface area contributed by atoms with Gasteiger partial charge in [-0.15, -0.1) is 0 Å². The lowest BCUT2D eigenvalue weighted by Crippen LogP contribution is -2.55. The van der Waals surface area contributed by atoms with Crippen LogP contribution in [-0.2, 0) is 14.4 Å². The Kier molecular flexibility index (Phi) is 13.0. The second kappa shape index (κ2) is 18.9. The zero-order chi connectivity index (χ0) is 41.6. The van der Waals surface area contributed by atoms with Gasteiger partial charge in [-0.05, 0) is 99.5 Å². The maximum absolute atomic E-state index is 13.4. The lowest BCUT2D eigenvalue weighted by molar-refractivity contribution is -0.135. The van der Waals surface area contributed by atoms with Crippen LogP contribution in [0.4, 0.5) is 34.5 Å². The van der Waals surface area contributed by atoms with Crippen molar-refractivity contribution in [2.75, 3.05) is 86.9 Å². The van der Waals surface area contributed by atoms with Crippen LogP contribution in [0.3, 0.4) is 0 Å². The highest BCUT2D eigenvalue weighted by molar-refractivity contribution is 6.32. The molecule has 1 aromatic heterocycles. The van der Waals surface area contributed by atoms with Crippen molar-refractivity contribution >= 4 is 63.8 Å². The molecule has 3 amide bonds. The molecule has 4 aliphatic rings. The number of imide groups is 1. The number of para-hydroxylation sites is 1. The number of methoxy groups -OCH3 is 1. The highest BCUT2D eigenvalue weighted by atomic mass is 35.5. The number of benzene rings is 3. The average molecular weight is 835 g/mol. The van der Waals surface area contributed by atoms with Gasteiger partial charge in [0.15, 0.2) is 5.82 Å². The molecule has 4 aromatic rings. The number of hydrogen-bond donors (Lipinski definition) is 4. The third-order valence-corrected chi connectivity index (χ3v) is 12.7. The Balaban J connectivity index is 0.766. The number of anilines is 6. The number of carbonyl (C=O) groups is 3. The van der Waals surface area contributed by atoms with Gasteiger partial charge >= 0.3 is 0 Å². The van der Waals surface area contributed by atoms with E-state index in [-0.39, 0.29) is 23.8 Å². The number of halogens is 1. The standard InChI is InChI=1S/C45H55ClN10O4/c1-30-26-38(50-45-47-28-36(46)43(52-45)49-33-6-4-3-5-7-33)40(60-2)27-39(30)55-20-16-35(17-21-55)54-22-24-56(25-23-54)42(58)29-53-18-14-32(15-19-53)31-8-10-34(11-9-31)48-37-12-13-41(57)51-44(37)59/h3-11,26-28,32,35,37,48H,12-25,29H2,1-2H3,(H,51,57,59)(H2,47,49,50,52). The number of aromatic nitrogens is 2. The van der Waals surface area contributed by atoms with Gasteiger partial charge in [-0.2, -0.15) is 4.98 Å². The van der Waals surface area contributed by atoms with E-state index < -0.39 is 0 Å². The quantitative estimate of drug-likeness (QED) is 0.122. The molecule has 5 heterocycles.